The Kier molecular flexibility index (Phi) is 7.92. The third-order valence-electron chi connectivity index (χ3n) is 5.10. The normalized spacial score (nSPS) is 25.4. The molecule has 7 nitrogen and oxygen atoms in total. The first-order valence-corrected chi connectivity index (χ1v) is 10.5. The van der Waals surface area contributed by atoms with Crippen molar-refractivity contribution < 1.29 is 33.2 Å². The number of aliphatic hydroxyl groups is 3. The summed E-state index contributed by atoms with van der Waals surface area (Å²) in [6, 6.07) is 6.44. The quantitative estimate of drug-likeness (QED) is 0.501. The summed E-state index contributed by atoms with van der Waals surface area (Å²) in [5.41, 5.74) is 0.576. The van der Waals surface area contributed by atoms with Crippen LogP contribution in [0.3, 0.4) is 0 Å². The van der Waals surface area contributed by atoms with Gasteiger partial charge in [-0.15, -0.1) is 0 Å². The minimum Gasteiger partial charge on any atom is -0.394 e. The van der Waals surface area contributed by atoms with Crippen molar-refractivity contribution in [3.8, 4) is 11.8 Å². The van der Waals surface area contributed by atoms with E-state index >= 15 is 0 Å². The van der Waals surface area contributed by atoms with E-state index in [4.69, 9.17) is 4.74 Å². The Morgan fingerprint density at radius 1 is 1.18 bits per heavy atom. The van der Waals surface area contributed by atoms with Crippen molar-refractivity contribution in [3.05, 3.63) is 53.5 Å². The largest absolute Gasteiger partial charge is 0.434 e. The van der Waals surface area contributed by atoms with E-state index in [2.05, 4.69) is 41.0 Å². The third kappa shape index (κ3) is 6.42. The fraction of sp³-hybridized carbons (Fsp3) is 0.478. The Balaban J connectivity index is 1.89. The number of hydrogen-bond acceptors (Lipinski definition) is 7. The molecule has 1 aromatic carbocycles. The summed E-state index contributed by atoms with van der Waals surface area (Å²) in [6.07, 6.45) is -7.36. The SMILES string of the molecule is CC(C)Cc1cccc(C#C[C@H]2O[C@H](CO)[C@H](O)[C@H](O)[C@H]2Nc2cncc(C(F)(F)F)n2)c1. The summed E-state index contributed by atoms with van der Waals surface area (Å²) in [7, 11) is 0. The molecule has 0 bridgehead atoms. The minimum atomic E-state index is -4.70. The van der Waals surface area contributed by atoms with Gasteiger partial charge >= 0.3 is 6.18 Å². The van der Waals surface area contributed by atoms with Crippen LogP contribution in [-0.4, -0.2) is 62.4 Å². The van der Waals surface area contributed by atoms with Gasteiger partial charge < -0.3 is 25.4 Å². The lowest BCUT2D eigenvalue weighted by Gasteiger charge is -2.41. The van der Waals surface area contributed by atoms with Crippen LogP contribution in [0.4, 0.5) is 19.0 Å². The minimum absolute atomic E-state index is 0.266. The maximum atomic E-state index is 13.0. The fourth-order valence-electron chi connectivity index (χ4n) is 3.55. The summed E-state index contributed by atoms with van der Waals surface area (Å²) in [5.74, 6) is 6.01. The molecule has 0 saturated carbocycles. The predicted octanol–water partition coefficient (Wildman–Crippen LogP) is 2.01. The van der Waals surface area contributed by atoms with Crippen LogP contribution < -0.4 is 5.32 Å². The highest BCUT2D eigenvalue weighted by atomic mass is 19.4. The number of aliphatic hydroxyl groups excluding tert-OH is 3. The Labute approximate surface area is 189 Å². The number of hydrogen-bond donors (Lipinski definition) is 4. The summed E-state index contributed by atoms with van der Waals surface area (Å²) in [4.78, 5) is 7.02. The van der Waals surface area contributed by atoms with Gasteiger partial charge in [0.05, 0.1) is 25.0 Å². The third-order valence-corrected chi connectivity index (χ3v) is 5.10. The van der Waals surface area contributed by atoms with E-state index in [1.807, 2.05) is 18.2 Å². The molecule has 0 amide bonds. The average molecular weight is 465 g/mol. The molecule has 3 rings (SSSR count). The Bertz CT molecular complexity index is 1010. The molecule has 2 aromatic rings. The van der Waals surface area contributed by atoms with E-state index in [-0.39, 0.29) is 5.82 Å². The summed E-state index contributed by atoms with van der Waals surface area (Å²) >= 11 is 0. The van der Waals surface area contributed by atoms with Crippen LogP contribution >= 0.6 is 0 Å². The molecule has 0 unspecified atom stereocenters. The monoisotopic (exact) mass is 465 g/mol. The van der Waals surface area contributed by atoms with Gasteiger partial charge in [0.25, 0.3) is 0 Å². The molecular weight excluding hydrogens is 439 g/mol. The van der Waals surface area contributed by atoms with E-state index in [1.54, 1.807) is 6.07 Å². The maximum Gasteiger partial charge on any atom is 0.434 e. The second kappa shape index (κ2) is 10.5. The van der Waals surface area contributed by atoms with Crippen molar-refractivity contribution in [3.63, 3.8) is 0 Å². The van der Waals surface area contributed by atoms with E-state index in [0.29, 0.717) is 17.7 Å². The molecular formula is C23H26F3N3O4. The summed E-state index contributed by atoms with van der Waals surface area (Å²) < 4.78 is 44.6. The molecule has 2 heterocycles. The van der Waals surface area contributed by atoms with Crippen molar-refractivity contribution in [2.45, 2.75) is 56.9 Å². The standard InChI is InChI=1S/C23H26F3N3O4/c1-13(2)8-15-5-3-4-14(9-15)6-7-16-20(22(32)21(31)17(12-30)33-16)29-19-11-27-10-18(28-19)23(24,25)26/h3-5,9-11,13,16-17,20-22,30-32H,8,12H2,1-2H3,(H,28,29)/t16-,17-,20+,21+,22-/m1/s1. The lowest BCUT2D eigenvalue weighted by Crippen LogP contribution is -2.60. The van der Waals surface area contributed by atoms with Gasteiger partial charge in [0.1, 0.15) is 30.2 Å². The van der Waals surface area contributed by atoms with Crippen LogP contribution in [0.25, 0.3) is 0 Å². The highest BCUT2D eigenvalue weighted by Gasteiger charge is 2.44. The van der Waals surface area contributed by atoms with Crippen LogP contribution in [0.1, 0.15) is 30.7 Å². The maximum absolute atomic E-state index is 13.0. The van der Waals surface area contributed by atoms with Gasteiger partial charge in [0, 0.05) is 5.56 Å². The van der Waals surface area contributed by atoms with Crippen molar-refractivity contribution in [2.75, 3.05) is 11.9 Å². The summed E-state index contributed by atoms with van der Waals surface area (Å²) in [5, 5.41) is 33.0. The molecule has 1 aliphatic rings. The predicted molar refractivity (Wildman–Crippen MR) is 114 cm³/mol. The highest BCUT2D eigenvalue weighted by Crippen LogP contribution is 2.29. The molecule has 5 atom stereocenters. The van der Waals surface area contributed by atoms with Gasteiger partial charge in [-0.3, -0.25) is 4.98 Å². The number of alkyl halides is 3. The number of anilines is 1. The number of aromatic nitrogens is 2. The number of halogens is 3. The van der Waals surface area contributed by atoms with Crippen molar-refractivity contribution in [1.29, 1.82) is 0 Å². The number of rotatable bonds is 5. The number of nitrogens with one attached hydrogen (secondary N) is 1. The Morgan fingerprint density at radius 2 is 1.94 bits per heavy atom. The van der Waals surface area contributed by atoms with E-state index in [9.17, 15) is 28.5 Å². The van der Waals surface area contributed by atoms with E-state index in [1.165, 1.54) is 0 Å². The highest BCUT2D eigenvalue weighted by molar-refractivity contribution is 5.41. The second-order valence-corrected chi connectivity index (χ2v) is 8.28. The van der Waals surface area contributed by atoms with Gasteiger partial charge in [-0.2, -0.15) is 13.2 Å². The lowest BCUT2D eigenvalue weighted by molar-refractivity contribution is -0.170. The smallest absolute Gasteiger partial charge is 0.394 e. The van der Waals surface area contributed by atoms with E-state index < -0.39 is 48.9 Å². The molecule has 1 saturated heterocycles. The first-order valence-electron chi connectivity index (χ1n) is 10.5. The molecule has 0 aliphatic carbocycles. The first kappa shape index (κ1) is 24.9. The van der Waals surface area contributed by atoms with Gasteiger partial charge in [-0.1, -0.05) is 37.8 Å². The molecule has 33 heavy (non-hydrogen) atoms. The van der Waals surface area contributed by atoms with Gasteiger partial charge in [-0.05, 0) is 30.0 Å². The fourth-order valence-corrected chi connectivity index (χ4v) is 3.55. The van der Waals surface area contributed by atoms with Gasteiger partial charge in [0.2, 0.25) is 0 Å². The lowest BCUT2D eigenvalue weighted by atomic mass is 9.92. The van der Waals surface area contributed by atoms with Crippen molar-refractivity contribution in [2.24, 2.45) is 5.92 Å². The molecule has 1 aliphatic heterocycles. The average Bonchev–Trinajstić information content (AvgIpc) is 2.76. The van der Waals surface area contributed by atoms with E-state index in [0.717, 1.165) is 18.2 Å². The topological polar surface area (TPSA) is 108 Å². The Hall–Kier alpha value is -2.71. The zero-order valence-corrected chi connectivity index (χ0v) is 18.1. The number of benzene rings is 1. The molecule has 0 radical (unpaired) electrons. The molecule has 1 aromatic heterocycles. The van der Waals surface area contributed by atoms with Crippen LogP contribution in [-0.2, 0) is 17.3 Å². The zero-order valence-electron chi connectivity index (χ0n) is 18.1. The van der Waals surface area contributed by atoms with Gasteiger partial charge in [0.15, 0.2) is 5.69 Å². The number of ether oxygens (including phenoxy) is 1. The Morgan fingerprint density at radius 3 is 2.61 bits per heavy atom. The van der Waals surface area contributed by atoms with Crippen LogP contribution in [0.2, 0.25) is 0 Å². The first-order chi connectivity index (χ1) is 15.6. The van der Waals surface area contributed by atoms with Crippen LogP contribution in [0.5, 0.6) is 0 Å². The molecule has 4 N–H and O–H groups in total. The van der Waals surface area contributed by atoms with Crippen LogP contribution in [0, 0.1) is 17.8 Å². The molecule has 0 spiro atoms. The van der Waals surface area contributed by atoms with Crippen LogP contribution in [0.15, 0.2) is 36.7 Å². The molecule has 178 valence electrons. The summed E-state index contributed by atoms with van der Waals surface area (Å²) in [6.45, 7) is 3.63. The van der Waals surface area contributed by atoms with Gasteiger partial charge in [-0.25, -0.2) is 4.98 Å². The van der Waals surface area contributed by atoms with Crippen molar-refractivity contribution >= 4 is 5.82 Å². The molecule has 1 fully saturated rings. The van der Waals surface area contributed by atoms with Crippen molar-refractivity contribution in [1.82, 2.24) is 9.97 Å². The number of nitrogens with zero attached hydrogens (tertiary/aromatic N) is 2. The second-order valence-electron chi connectivity index (χ2n) is 8.28. The zero-order chi connectivity index (χ0) is 24.2. The molecule has 10 heteroatoms.